The van der Waals surface area contributed by atoms with Gasteiger partial charge in [0, 0.05) is 12.5 Å². The van der Waals surface area contributed by atoms with Gasteiger partial charge < -0.3 is 4.74 Å². The molecule has 0 aliphatic rings. The maximum absolute atomic E-state index is 11.1. The van der Waals surface area contributed by atoms with Crippen LogP contribution in [0.15, 0.2) is 0 Å². The van der Waals surface area contributed by atoms with E-state index >= 15 is 0 Å². The minimum absolute atomic E-state index is 0.107. The number of hydrogen-bond acceptors (Lipinski definition) is 2. The van der Waals surface area contributed by atoms with Gasteiger partial charge in [-0.1, -0.05) is 40.0 Å². The highest BCUT2D eigenvalue weighted by Gasteiger charge is 2.05. The van der Waals surface area contributed by atoms with E-state index in [2.05, 4.69) is 6.92 Å². The monoisotopic (exact) mass is 186 g/mol. The van der Waals surface area contributed by atoms with E-state index in [4.69, 9.17) is 4.74 Å². The fraction of sp³-hybridized carbons (Fsp3) is 0.909. The number of carbonyl (C=O) groups excluding carboxylic acids is 1. The van der Waals surface area contributed by atoms with Crippen LogP contribution in [0.4, 0.5) is 0 Å². The highest BCUT2D eigenvalue weighted by Crippen LogP contribution is 2.00. The largest absolute Gasteiger partial charge is 0.374 e. The van der Waals surface area contributed by atoms with Crippen molar-refractivity contribution in [2.24, 2.45) is 5.92 Å². The molecule has 0 fully saturated rings. The smallest absolute Gasteiger partial charge is 0.160 e. The molecule has 0 bridgehead atoms. The van der Waals surface area contributed by atoms with Gasteiger partial charge in [-0.25, -0.2) is 0 Å². The molecule has 0 unspecified atom stereocenters. The predicted octanol–water partition coefficient (Wildman–Crippen LogP) is 2.81. The molecule has 0 aliphatic carbocycles. The summed E-state index contributed by atoms with van der Waals surface area (Å²) < 4.78 is 5.25. The van der Waals surface area contributed by atoms with Crippen molar-refractivity contribution < 1.29 is 9.53 Å². The number of unbranched alkanes of at least 4 members (excludes halogenated alkanes) is 3. The van der Waals surface area contributed by atoms with E-state index in [0.29, 0.717) is 6.61 Å². The van der Waals surface area contributed by atoms with Crippen molar-refractivity contribution >= 4 is 5.78 Å². The standard InChI is InChI=1S/C11H22O2/c1-4-5-6-7-8-13-9-11(12)10(2)3/h10H,4-9H2,1-3H3. The van der Waals surface area contributed by atoms with Gasteiger partial charge in [-0.3, -0.25) is 4.79 Å². The van der Waals surface area contributed by atoms with Crippen LogP contribution in [0.5, 0.6) is 0 Å². The minimum atomic E-state index is 0.107. The Morgan fingerprint density at radius 3 is 2.46 bits per heavy atom. The average Bonchev–Trinajstić information content (AvgIpc) is 2.10. The highest BCUT2D eigenvalue weighted by atomic mass is 16.5. The van der Waals surface area contributed by atoms with Gasteiger partial charge in [-0.05, 0) is 6.42 Å². The summed E-state index contributed by atoms with van der Waals surface area (Å²) in [6.07, 6.45) is 4.80. The topological polar surface area (TPSA) is 26.3 Å². The summed E-state index contributed by atoms with van der Waals surface area (Å²) in [5.41, 5.74) is 0. The van der Waals surface area contributed by atoms with E-state index in [-0.39, 0.29) is 11.7 Å². The number of Topliss-reactive ketones (excluding diaryl/α,β-unsaturated/α-hetero) is 1. The third-order valence-corrected chi connectivity index (χ3v) is 2.03. The molecule has 2 heteroatoms. The van der Waals surface area contributed by atoms with E-state index in [1.54, 1.807) is 0 Å². The van der Waals surface area contributed by atoms with E-state index in [1.807, 2.05) is 13.8 Å². The summed E-state index contributed by atoms with van der Waals surface area (Å²) in [6, 6.07) is 0. The quantitative estimate of drug-likeness (QED) is 0.545. The Labute approximate surface area is 81.7 Å². The number of ketones is 1. The Bertz CT molecular complexity index is 130. The number of ether oxygens (including phenoxy) is 1. The van der Waals surface area contributed by atoms with Crippen LogP contribution in [-0.4, -0.2) is 19.0 Å². The molecule has 0 saturated heterocycles. The fourth-order valence-corrected chi connectivity index (χ4v) is 0.970. The maximum Gasteiger partial charge on any atom is 0.160 e. The second-order valence-corrected chi connectivity index (χ2v) is 3.73. The highest BCUT2D eigenvalue weighted by molar-refractivity contribution is 5.81. The van der Waals surface area contributed by atoms with Crippen LogP contribution in [0.25, 0.3) is 0 Å². The minimum Gasteiger partial charge on any atom is -0.374 e. The van der Waals surface area contributed by atoms with Crippen LogP contribution in [0.2, 0.25) is 0 Å². The Morgan fingerprint density at radius 2 is 1.92 bits per heavy atom. The summed E-state index contributed by atoms with van der Waals surface area (Å²) in [7, 11) is 0. The molecular weight excluding hydrogens is 164 g/mol. The van der Waals surface area contributed by atoms with Crippen molar-refractivity contribution in [3.63, 3.8) is 0 Å². The molecule has 0 aromatic rings. The average molecular weight is 186 g/mol. The van der Waals surface area contributed by atoms with Gasteiger partial charge in [0.1, 0.15) is 6.61 Å². The van der Waals surface area contributed by atoms with E-state index in [0.717, 1.165) is 13.0 Å². The van der Waals surface area contributed by atoms with Crippen LogP contribution in [0.1, 0.15) is 46.5 Å². The zero-order valence-electron chi connectivity index (χ0n) is 9.14. The van der Waals surface area contributed by atoms with Crippen molar-refractivity contribution in [2.45, 2.75) is 46.5 Å². The van der Waals surface area contributed by atoms with Gasteiger partial charge in [0.2, 0.25) is 0 Å². The molecule has 0 radical (unpaired) electrons. The van der Waals surface area contributed by atoms with E-state index < -0.39 is 0 Å². The van der Waals surface area contributed by atoms with Gasteiger partial charge in [0.25, 0.3) is 0 Å². The molecule has 0 aromatic carbocycles. The van der Waals surface area contributed by atoms with Gasteiger partial charge in [-0.15, -0.1) is 0 Å². The van der Waals surface area contributed by atoms with Crippen molar-refractivity contribution in [2.75, 3.05) is 13.2 Å². The molecule has 78 valence electrons. The van der Waals surface area contributed by atoms with Crippen molar-refractivity contribution in [1.29, 1.82) is 0 Å². The SMILES string of the molecule is CCCCCCOCC(=O)C(C)C. The van der Waals surface area contributed by atoms with Crippen LogP contribution >= 0.6 is 0 Å². The lowest BCUT2D eigenvalue weighted by atomic mass is 10.1. The second-order valence-electron chi connectivity index (χ2n) is 3.73. The Kier molecular flexibility index (Phi) is 8.00. The number of hydrogen-bond donors (Lipinski definition) is 0. The first-order valence-electron chi connectivity index (χ1n) is 5.29. The summed E-state index contributed by atoms with van der Waals surface area (Å²) in [5.74, 6) is 0.311. The Balaban J connectivity index is 3.12. The number of carbonyl (C=O) groups is 1. The van der Waals surface area contributed by atoms with Crippen molar-refractivity contribution in [3.05, 3.63) is 0 Å². The van der Waals surface area contributed by atoms with Gasteiger partial charge in [0.15, 0.2) is 5.78 Å². The fourth-order valence-electron chi connectivity index (χ4n) is 0.970. The third-order valence-electron chi connectivity index (χ3n) is 2.03. The molecule has 0 heterocycles. The summed E-state index contributed by atoms with van der Waals surface area (Å²) in [6.45, 7) is 7.02. The molecule has 2 nitrogen and oxygen atoms in total. The molecule has 0 saturated carbocycles. The zero-order valence-corrected chi connectivity index (χ0v) is 9.14. The molecule has 0 spiro atoms. The first-order valence-corrected chi connectivity index (χ1v) is 5.29. The summed E-state index contributed by atoms with van der Waals surface area (Å²) in [4.78, 5) is 11.1. The van der Waals surface area contributed by atoms with E-state index in [9.17, 15) is 4.79 Å². The van der Waals surface area contributed by atoms with Crippen LogP contribution in [-0.2, 0) is 9.53 Å². The van der Waals surface area contributed by atoms with E-state index in [1.165, 1.54) is 19.3 Å². The number of rotatable bonds is 8. The molecular formula is C11H22O2. The molecule has 0 aliphatic heterocycles. The first kappa shape index (κ1) is 12.6. The molecule has 0 atom stereocenters. The van der Waals surface area contributed by atoms with Gasteiger partial charge >= 0.3 is 0 Å². The Morgan fingerprint density at radius 1 is 1.23 bits per heavy atom. The lowest BCUT2D eigenvalue weighted by Gasteiger charge is -2.05. The molecule has 0 aromatic heterocycles. The van der Waals surface area contributed by atoms with Crippen LogP contribution < -0.4 is 0 Å². The lowest BCUT2D eigenvalue weighted by molar-refractivity contribution is -0.126. The van der Waals surface area contributed by atoms with Crippen molar-refractivity contribution in [3.8, 4) is 0 Å². The van der Waals surface area contributed by atoms with Crippen LogP contribution in [0.3, 0.4) is 0 Å². The normalized spacial score (nSPS) is 10.8. The Hall–Kier alpha value is -0.370. The van der Waals surface area contributed by atoms with Gasteiger partial charge in [-0.2, -0.15) is 0 Å². The molecule has 0 amide bonds. The van der Waals surface area contributed by atoms with Crippen molar-refractivity contribution in [1.82, 2.24) is 0 Å². The molecule has 13 heavy (non-hydrogen) atoms. The summed E-state index contributed by atoms with van der Waals surface area (Å²) in [5, 5.41) is 0. The third kappa shape index (κ3) is 7.97. The molecule has 0 rings (SSSR count). The van der Waals surface area contributed by atoms with Gasteiger partial charge in [0.05, 0.1) is 0 Å². The molecule has 0 N–H and O–H groups in total. The second kappa shape index (κ2) is 8.24. The van der Waals surface area contributed by atoms with Crippen LogP contribution in [0, 0.1) is 5.92 Å². The predicted molar refractivity (Wildman–Crippen MR) is 54.8 cm³/mol. The maximum atomic E-state index is 11.1. The zero-order chi connectivity index (χ0) is 10.1. The lowest BCUT2D eigenvalue weighted by Crippen LogP contribution is -2.15. The summed E-state index contributed by atoms with van der Waals surface area (Å²) >= 11 is 0. The first-order chi connectivity index (χ1) is 6.18.